The van der Waals surface area contributed by atoms with E-state index in [1.807, 2.05) is 11.0 Å². The van der Waals surface area contributed by atoms with Crippen LogP contribution in [0, 0.1) is 0 Å². The number of pyridine rings is 1. The summed E-state index contributed by atoms with van der Waals surface area (Å²) in [5.41, 5.74) is 0.285. The Balaban J connectivity index is 1.51. The zero-order valence-corrected chi connectivity index (χ0v) is 14.0. The van der Waals surface area contributed by atoms with Crippen LogP contribution in [0.2, 0.25) is 0 Å². The maximum Gasteiger partial charge on any atom is 0.255 e. The van der Waals surface area contributed by atoms with Crippen LogP contribution in [-0.2, 0) is 4.74 Å². The molecule has 4 rings (SSSR count). The van der Waals surface area contributed by atoms with E-state index in [1.165, 1.54) is 0 Å². The highest BCUT2D eigenvalue weighted by Gasteiger charge is 2.42. The van der Waals surface area contributed by atoms with Gasteiger partial charge in [-0.2, -0.15) is 0 Å². The van der Waals surface area contributed by atoms with Crippen molar-refractivity contribution >= 4 is 11.7 Å². The summed E-state index contributed by atoms with van der Waals surface area (Å²) < 4.78 is 6.18. The second kappa shape index (κ2) is 6.76. The van der Waals surface area contributed by atoms with E-state index >= 15 is 0 Å². The van der Waals surface area contributed by atoms with Gasteiger partial charge in [-0.3, -0.25) is 14.8 Å². The van der Waals surface area contributed by atoms with Crippen molar-refractivity contribution in [1.29, 1.82) is 0 Å². The number of ether oxygens (including phenoxy) is 1. The topological polar surface area (TPSA) is 71.5 Å². The lowest BCUT2D eigenvalue weighted by Gasteiger charge is -2.48. The van der Waals surface area contributed by atoms with Gasteiger partial charge in [-0.1, -0.05) is 0 Å². The minimum absolute atomic E-state index is 0.0207. The summed E-state index contributed by atoms with van der Waals surface area (Å²) >= 11 is 0. The summed E-state index contributed by atoms with van der Waals surface area (Å²) in [6.45, 7) is 3.42. The van der Waals surface area contributed by atoms with Crippen LogP contribution >= 0.6 is 0 Å². The highest BCUT2D eigenvalue weighted by Crippen LogP contribution is 2.31. The molecule has 7 heteroatoms. The molecule has 25 heavy (non-hydrogen) atoms. The molecule has 0 saturated carbocycles. The molecule has 1 unspecified atom stereocenters. The number of hydrogen-bond donors (Lipinski definition) is 0. The van der Waals surface area contributed by atoms with E-state index in [0.717, 1.165) is 31.7 Å². The average molecular weight is 339 g/mol. The van der Waals surface area contributed by atoms with E-state index < -0.39 is 0 Å². The van der Waals surface area contributed by atoms with Crippen molar-refractivity contribution in [1.82, 2.24) is 19.9 Å². The maximum atomic E-state index is 12.8. The van der Waals surface area contributed by atoms with Gasteiger partial charge in [0.05, 0.1) is 31.5 Å². The molecular formula is C18H21N5O2. The number of nitrogens with zero attached hydrogens (tertiary/aromatic N) is 5. The van der Waals surface area contributed by atoms with Gasteiger partial charge in [0, 0.05) is 37.9 Å². The second-order valence-corrected chi connectivity index (χ2v) is 6.59. The van der Waals surface area contributed by atoms with E-state index in [4.69, 9.17) is 4.74 Å². The quantitative estimate of drug-likeness (QED) is 0.823. The highest BCUT2D eigenvalue weighted by atomic mass is 16.5. The smallest absolute Gasteiger partial charge is 0.255 e. The Bertz CT molecular complexity index is 723. The van der Waals surface area contributed by atoms with Crippen molar-refractivity contribution in [3.8, 4) is 0 Å². The number of rotatable bonds is 2. The molecular weight excluding hydrogens is 318 g/mol. The summed E-state index contributed by atoms with van der Waals surface area (Å²) in [6.07, 6.45) is 10.4. The van der Waals surface area contributed by atoms with Gasteiger partial charge in [0.25, 0.3) is 5.91 Å². The molecule has 0 aromatic carbocycles. The number of aromatic nitrogens is 3. The minimum atomic E-state index is -0.341. The van der Waals surface area contributed by atoms with Crippen molar-refractivity contribution in [2.45, 2.75) is 18.4 Å². The van der Waals surface area contributed by atoms with E-state index in [1.54, 1.807) is 37.1 Å². The van der Waals surface area contributed by atoms with Crippen molar-refractivity contribution in [3.05, 3.63) is 48.7 Å². The van der Waals surface area contributed by atoms with Gasteiger partial charge < -0.3 is 14.5 Å². The van der Waals surface area contributed by atoms with Crippen LogP contribution in [0.1, 0.15) is 23.2 Å². The van der Waals surface area contributed by atoms with Crippen LogP contribution in [0.3, 0.4) is 0 Å². The Morgan fingerprint density at radius 3 is 2.84 bits per heavy atom. The lowest BCUT2D eigenvalue weighted by Crippen LogP contribution is -2.61. The zero-order valence-electron chi connectivity index (χ0n) is 14.0. The molecule has 2 aromatic heterocycles. The fourth-order valence-corrected chi connectivity index (χ4v) is 3.69. The fraction of sp³-hybridized carbons (Fsp3) is 0.444. The molecule has 0 aliphatic carbocycles. The molecule has 0 bridgehead atoms. The fourth-order valence-electron chi connectivity index (χ4n) is 3.69. The average Bonchev–Trinajstić information content (AvgIpc) is 2.69. The molecule has 0 N–H and O–H groups in total. The molecule has 1 spiro atoms. The number of anilines is 1. The van der Waals surface area contributed by atoms with Gasteiger partial charge in [-0.25, -0.2) is 4.98 Å². The van der Waals surface area contributed by atoms with E-state index in [2.05, 4.69) is 19.9 Å². The Labute approximate surface area is 146 Å². The molecule has 2 fully saturated rings. The Hall–Kier alpha value is -2.54. The largest absolute Gasteiger partial charge is 0.369 e. The SMILES string of the molecule is O=C(c1cccnc1)N1CCOC2(CCCN(c3cnccn3)C2)C1. The number of carbonyl (C=O) groups excluding carboxylic acids is 1. The second-order valence-electron chi connectivity index (χ2n) is 6.59. The van der Waals surface area contributed by atoms with Gasteiger partial charge >= 0.3 is 0 Å². The number of morpholine rings is 1. The molecule has 2 aliphatic rings. The van der Waals surface area contributed by atoms with Crippen LogP contribution in [0.4, 0.5) is 5.82 Å². The van der Waals surface area contributed by atoms with Crippen LogP contribution in [-0.4, -0.2) is 64.1 Å². The van der Waals surface area contributed by atoms with Crippen LogP contribution in [0.25, 0.3) is 0 Å². The van der Waals surface area contributed by atoms with Crippen molar-refractivity contribution in [3.63, 3.8) is 0 Å². The molecule has 2 aromatic rings. The lowest BCUT2D eigenvalue weighted by molar-refractivity contribution is -0.105. The van der Waals surface area contributed by atoms with E-state index in [-0.39, 0.29) is 11.5 Å². The Morgan fingerprint density at radius 2 is 2.04 bits per heavy atom. The third kappa shape index (κ3) is 3.32. The Kier molecular flexibility index (Phi) is 4.31. The summed E-state index contributed by atoms with van der Waals surface area (Å²) in [7, 11) is 0. The molecule has 2 saturated heterocycles. The Morgan fingerprint density at radius 1 is 1.12 bits per heavy atom. The number of piperidine rings is 1. The van der Waals surface area contributed by atoms with Crippen molar-refractivity contribution in [2.24, 2.45) is 0 Å². The molecule has 7 nitrogen and oxygen atoms in total. The third-order valence-electron chi connectivity index (χ3n) is 4.86. The van der Waals surface area contributed by atoms with Crippen LogP contribution < -0.4 is 4.90 Å². The van der Waals surface area contributed by atoms with Gasteiger partial charge in [-0.15, -0.1) is 0 Å². The highest BCUT2D eigenvalue weighted by molar-refractivity contribution is 5.94. The van der Waals surface area contributed by atoms with Gasteiger partial charge in [0.15, 0.2) is 0 Å². The lowest BCUT2D eigenvalue weighted by atomic mass is 9.90. The monoisotopic (exact) mass is 339 g/mol. The summed E-state index contributed by atoms with van der Waals surface area (Å²) in [6, 6.07) is 3.60. The summed E-state index contributed by atoms with van der Waals surface area (Å²) in [5, 5.41) is 0. The molecule has 0 radical (unpaired) electrons. The first kappa shape index (κ1) is 16.0. The van der Waals surface area contributed by atoms with Crippen molar-refractivity contribution in [2.75, 3.05) is 37.7 Å². The molecule has 2 aliphatic heterocycles. The number of carbonyl (C=O) groups is 1. The molecule has 1 atom stereocenters. The predicted molar refractivity (Wildman–Crippen MR) is 92.3 cm³/mol. The third-order valence-corrected chi connectivity index (χ3v) is 4.86. The summed E-state index contributed by atoms with van der Waals surface area (Å²) in [5.74, 6) is 0.883. The van der Waals surface area contributed by atoms with Gasteiger partial charge in [0.1, 0.15) is 11.4 Å². The first-order valence-electron chi connectivity index (χ1n) is 8.60. The summed E-state index contributed by atoms with van der Waals surface area (Å²) in [4.78, 5) is 29.5. The molecule has 1 amide bonds. The zero-order chi connectivity index (χ0) is 17.1. The van der Waals surface area contributed by atoms with Gasteiger partial charge in [-0.05, 0) is 25.0 Å². The number of hydrogen-bond acceptors (Lipinski definition) is 6. The normalized spacial score (nSPS) is 23.7. The van der Waals surface area contributed by atoms with E-state index in [9.17, 15) is 4.79 Å². The van der Waals surface area contributed by atoms with Gasteiger partial charge in [0.2, 0.25) is 0 Å². The van der Waals surface area contributed by atoms with Crippen LogP contribution in [0.15, 0.2) is 43.1 Å². The molecule has 4 heterocycles. The first-order valence-corrected chi connectivity index (χ1v) is 8.60. The first-order chi connectivity index (χ1) is 12.3. The molecule has 130 valence electrons. The number of amides is 1. The minimum Gasteiger partial charge on any atom is -0.369 e. The van der Waals surface area contributed by atoms with E-state index in [0.29, 0.717) is 25.3 Å². The van der Waals surface area contributed by atoms with Crippen molar-refractivity contribution < 1.29 is 9.53 Å². The van der Waals surface area contributed by atoms with Crippen LogP contribution in [0.5, 0.6) is 0 Å². The standard InChI is InChI=1S/C18H21N5O2/c24-17(15-3-1-5-19-11-15)23-9-10-25-18(14-23)4-2-8-22(13-18)16-12-20-6-7-21-16/h1,3,5-7,11-12H,2,4,8-10,13-14H2. The predicted octanol–water partition coefficient (Wildman–Crippen LogP) is 1.38. The maximum absolute atomic E-state index is 12.8.